The molecule has 3 N–H and O–H groups in total. The molecule has 2 saturated heterocycles. The first-order chi connectivity index (χ1) is 24.8. The first-order valence-electron chi connectivity index (χ1n) is 18.0. The summed E-state index contributed by atoms with van der Waals surface area (Å²) in [6, 6.07) is 21.9. The normalized spacial score (nSPS) is 17.7. The molecule has 10 heteroatoms. The molecule has 3 heterocycles. The van der Waals surface area contributed by atoms with Crippen molar-refractivity contribution in [1.29, 1.82) is 0 Å². The molecule has 0 spiro atoms. The number of H-pyrrole nitrogens is 1. The van der Waals surface area contributed by atoms with Gasteiger partial charge in [-0.2, -0.15) is 0 Å². The number of benzene rings is 3. The molecule has 0 unspecified atom stereocenters. The fraction of sp³-hybridized carbons (Fsp3) is 0.341. The van der Waals surface area contributed by atoms with Crippen molar-refractivity contribution >= 4 is 46.0 Å². The number of anilines is 2. The molecule has 264 valence electrons. The van der Waals surface area contributed by atoms with Crippen LogP contribution in [0.1, 0.15) is 64.4 Å². The van der Waals surface area contributed by atoms with Gasteiger partial charge in [0.05, 0.1) is 11.0 Å². The lowest BCUT2D eigenvalue weighted by Gasteiger charge is -2.24. The number of rotatable bonds is 12. The first kappa shape index (κ1) is 35.3. The largest absolute Gasteiger partial charge is 0.338 e. The zero-order valence-electron chi connectivity index (χ0n) is 29.4. The maximum Gasteiger partial charge on any atom is 0.247 e. The van der Waals surface area contributed by atoms with Crippen LogP contribution in [-0.2, 0) is 25.6 Å². The molecule has 2 aliphatic rings. The van der Waals surface area contributed by atoms with Gasteiger partial charge in [0.1, 0.15) is 17.9 Å². The van der Waals surface area contributed by atoms with Gasteiger partial charge in [-0.05, 0) is 88.3 Å². The number of hydrogen-bond acceptors (Lipinski definition) is 5. The van der Waals surface area contributed by atoms with E-state index in [1.807, 2.05) is 105 Å². The Morgan fingerprint density at radius 3 is 2.12 bits per heavy atom. The molecule has 51 heavy (non-hydrogen) atoms. The number of imidazole rings is 1. The molecule has 2 aliphatic heterocycles. The number of fused-ring (bicyclic) bond motifs is 1. The number of nitrogens with zero attached hydrogens (tertiary/aromatic N) is 3. The molecule has 6 rings (SSSR count). The number of aromatic amines is 1. The van der Waals surface area contributed by atoms with Gasteiger partial charge >= 0.3 is 0 Å². The van der Waals surface area contributed by atoms with Crippen molar-refractivity contribution in [2.45, 2.75) is 77.3 Å². The quantitative estimate of drug-likeness (QED) is 0.138. The van der Waals surface area contributed by atoms with Crippen LogP contribution in [0.2, 0.25) is 0 Å². The molecule has 4 aromatic rings. The molecular weight excluding hydrogens is 640 g/mol. The lowest BCUT2D eigenvalue weighted by atomic mass is 10.1. The number of nitrogens with one attached hydrogen (secondary N) is 3. The number of aryl methyl sites for hydroxylation is 1. The van der Waals surface area contributed by atoms with Crippen molar-refractivity contribution < 1.29 is 19.2 Å². The van der Waals surface area contributed by atoms with E-state index < -0.39 is 12.1 Å². The van der Waals surface area contributed by atoms with Crippen molar-refractivity contribution in [3.05, 3.63) is 102 Å². The molecule has 4 amide bonds. The minimum atomic E-state index is -0.500. The highest BCUT2D eigenvalue weighted by molar-refractivity contribution is 5.99. The van der Waals surface area contributed by atoms with E-state index in [0.717, 1.165) is 35.1 Å². The fourth-order valence-electron chi connectivity index (χ4n) is 7.06. The van der Waals surface area contributed by atoms with Gasteiger partial charge in [0.15, 0.2) is 0 Å². The number of aromatic nitrogens is 2. The summed E-state index contributed by atoms with van der Waals surface area (Å²) in [6.07, 6.45) is 10.9. The van der Waals surface area contributed by atoms with Crippen LogP contribution in [0.15, 0.2) is 96.6 Å². The Kier molecular flexibility index (Phi) is 11.4. The standard InChI is InChI=1S/C41H46N6O4/c1-3-11-28(4-2)18-22-37(48)46-24-10-17-36(46)41(51)43-32-20-21-33-34(27-32)45-39(44-33)30-14-8-15-31(26-30)42-40(50)35-16-9-25-47(35)38(49)23-19-29-12-6-5-7-13-29/h3-8,11-15,20-21,26-27,35-36H,9-10,16-19,22-25H2,1-2H3,(H,42,50)(H,43,51)(H,44,45)/t35-,36-/m0/s1. The summed E-state index contributed by atoms with van der Waals surface area (Å²) in [7, 11) is 0. The summed E-state index contributed by atoms with van der Waals surface area (Å²) in [5.41, 5.74) is 5.69. The van der Waals surface area contributed by atoms with Crippen molar-refractivity contribution in [3.63, 3.8) is 0 Å². The third-order valence-electron chi connectivity index (χ3n) is 9.76. The van der Waals surface area contributed by atoms with Gasteiger partial charge in [-0.1, -0.05) is 66.3 Å². The van der Waals surface area contributed by atoms with Crippen molar-refractivity contribution in [3.8, 4) is 11.4 Å². The number of allylic oxidation sites excluding steroid dienone is 4. The number of carbonyl (C=O) groups excluding carboxylic acids is 4. The van der Waals surface area contributed by atoms with Gasteiger partial charge in [-0.3, -0.25) is 19.2 Å². The summed E-state index contributed by atoms with van der Waals surface area (Å²) in [5.74, 6) is 0.222. The maximum atomic E-state index is 13.4. The van der Waals surface area contributed by atoms with Gasteiger partial charge in [0.2, 0.25) is 23.6 Å². The van der Waals surface area contributed by atoms with E-state index in [9.17, 15) is 19.2 Å². The predicted molar refractivity (Wildman–Crippen MR) is 201 cm³/mol. The number of likely N-dealkylation sites (tertiary alicyclic amines) is 2. The van der Waals surface area contributed by atoms with Gasteiger partial charge in [-0.25, -0.2) is 4.98 Å². The third-order valence-corrected chi connectivity index (χ3v) is 9.76. The Hall–Kier alpha value is -5.51. The molecule has 10 nitrogen and oxygen atoms in total. The number of carbonyl (C=O) groups is 4. The van der Waals surface area contributed by atoms with E-state index in [4.69, 9.17) is 4.98 Å². The summed E-state index contributed by atoms with van der Waals surface area (Å²) < 4.78 is 0. The van der Waals surface area contributed by atoms with Crippen molar-refractivity contribution in [1.82, 2.24) is 19.8 Å². The van der Waals surface area contributed by atoms with Crippen LogP contribution in [0, 0.1) is 0 Å². The smallest absolute Gasteiger partial charge is 0.247 e. The SMILES string of the molecule is CC=CC(=CC)CCC(=O)N1CCC[C@H]1C(=O)Nc1ccc2[nH]c(-c3cccc(NC(=O)[C@@H]4CCCN4C(=O)CCc4ccccc4)c3)nc2c1. The molecule has 0 bridgehead atoms. The molecule has 2 fully saturated rings. The van der Waals surface area contributed by atoms with E-state index in [2.05, 4.69) is 15.6 Å². The molecule has 0 saturated carbocycles. The predicted octanol–water partition coefficient (Wildman–Crippen LogP) is 7.02. The first-order valence-corrected chi connectivity index (χ1v) is 18.0. The third kappa shape index (κ3) is 8.63. The highest BCUT2D eigenvalue weighted by atomic mass is 16.2. The van der Waals surface area contributed by atoms with Crippen LogP contribution in [0.25, 0.3) is 22.4 Å². The average molecular weight is 687 g/mol. The Morgan fingerprint density at radius 1 is 0.784 bits per heavy atom. The lowest BCUT2D eigenvalue weighted by Crippen LogP contribution is -2.43. The number of amides is 4. The van der Waals surface area contributed by atoms with Crippen LogP contribution in [0.4, 0.5) is 11.4 Å². The van der Waals surface area contributed by atoms with Gasteiger partial charge < -0.3 is 25.4 Å². The van der Waals surface area contributed by atoms with Crippen LogP contribution in [-0.4, -0.2) is 68.6 Å². The monoisotopic (exact) mass is 686 g/mol. The molecule has 1 aromatic heterocycles. The van der Waals surface area contributed by atoms with Crippen molar-refractivity contribution in [2.24, 2.45) is 0 Å². The molecule has 3 aromatic carbocycles. The van der Waals surface area contributed by atoms with Crippen LogP contribution >= 0.6 is 0 Å². The zero-order chi connectivity index (χ0) is 35.7. The highest BCUT2D eigenvalue weighted by Crippen LogP contribution is 2.27. The topological polar surface area (TPSA) is 128 Å². The second kappa shape index (κ2) is 16.5. The van der Waals surface area contributed by atoms with Crippen molar-refractivity contribution in [2.75, 3.05) is 23.7 Å². The van der Waals surface area contributed by atoms with E-state index in [-0.39, 0.29) is 23.6 Å². The average Bonchev–Trinajstić information content (AvgIpc) is 3.93. The van der Waals surface area contributed by atoms with E-state index in [1.165, 1.54) is 0 Å². The highest BCUT2D eigenvalue weighted by Gasteiger charge is 2.35. The maximum absolute atomic E-state index is 13.4. The molecule has 0 radical (unpaired) electrons. The Balaban J connectivity index is 1.07. The Bertz CT molecular complexity index is 1950. The molecule has 2 atom stereocenters. The number of hydrogen-bond donors (Lipinski definition) is 3. The van der Waals surface area contributed by atoms with Gasteiger partial charge in [0, 0.05) is 42.9 Å². The summed E-state index contributed by atoms with van der Waals surface area (Å²) in [4.78, 5) is 64.4. The van der Waals surface area contributed by atoms with E-state index >= 15 is 0 Å². The minimum absolute atomic E-state index is 0.00372. The molecular formula is C41H46N6O4. The summed E-state index contributed by atoms with van der Waals surface area (Å²) >= 11 is 0. The Morgan fingerprint density at radius 2 is 1.45 bits per heavy atom. The summed E-state index contributed by atoms with van der Waals surface area (Å²) in [6.45, 7) is 5.09. The fourth-order valence-corrected chi connectivity index (χ4v) is 7.06. The van der Waals surface area contributed by atoms with E-state index in [1.54, 1.807) is 9.80 Å². The summed E-state index contributed by atoms with van der Waals surface area (Å²) in [5, 5.41) is 6.03. The van der Waals surface area contributed by atoms with Gasteiger partial charge in [-0.15, -0.1) is 0 Å². The minimum Gasteiger partial charge on any atom is -0.338 e. The molecule has 0 aliphatic carbocycles. The Labute approximate surface area is 299 Å². The second-order valence-electron chi connectivity index (χ2n) is 13.2. The van der Waals surface area contributed by atoms with E-state index in [0.29, 0.717) is 74.3 Å². The lowest BCUT2D eigenvalue weighted by molar-refractivity contribution is -0.136. The van der Waals surface area contributed by atoms with Crippen LogP contribution in [0.5, 0.6) is 0 Å². The van der Waals surface area contributed by atoms with Gasteiger partial charge in [0.25, 0.3) is 0 Å². The van der Waals surface area contributed by atoms with Crippen LogP contribution in [0.3, 0.4) is 0 Å². The second-order valence-corrected chi connectivity index (χ2v) is 13.2. The van der Waals surface area contributed by atoms with Crippen LogP contribution < -0.4 is 10.6 Å². The zero-order valence-corrected chi connectivity index (χ0v) is 29.4.